The summed E-state index contributed by atoms with van der Waals surface area (Å²) in [5.74, 6) is 1.88. The summed E-state index contributed by atoms with van der Waals surface area (Å²) in [6.07, 6.45) is 11.5. The number of benzene rings is 1. The summed E-state index contributed by atoms with van der Waals surface area (Å²) in [7, 11) is 0. The van der Waals surface area contributed by atoms with Gasteiger partial charge in [-0.2, -0.15) is 0 Å². The Bertz CT molecular complexity index is 562. The molecule has 124 valence electrons. The summed E-state index contributed by atoms with van der Waals surface area (Å²) in [6, 6.07) is 6.15. The third-order valence-corrected chi connectivity index (χ3v) is 4.45. The van der Waals surface area contributed by atoms with Gasteiger partial charge in [0.05, 0.1) is 0 Å². The quantitative estimate of drug-likeness (QED) is 0.593. The number of fused-ring (bicyclic) bond motifs is 1. The van der Waals surface area contributed by atoms with Crippen LogP contribution in [-0.2, 0) is 11.2 Å². The van der Waals surface area contributed by atoms with E-state index in [1.54, 1.807) is 6.08 Å². The number of ether oxygens (including phenoxy) is 2. The number of piperidine rings is 1. The fourth-order valence-electron chi connectivity index (χ4n) is 3.09. The van der Waals surface area contributed by atoms with Crippen molar-refractivity contribution in [1.82, 2.24) is 4.90 Å². The first kappa shape index (κ1) is 15.9. The molecular weight excluding hydrogens is 290 g/mol. The molecule has 0 N–H and O–H groups in total. The lowest BCUT2D eigenvalue weighted by molar-refractivity contribution is -0.126. The lowest BCUT2D eigenvalue weighted by atomic mass is 10.1. The predicted molar refractivity (Wildman–Crippen MR) is 89.7 cm³/mol. The molecule has 0 saturated carbocycles. The van der Waals surface area contributed by atoms with Crippen molar-refractivity contribution in [3.05, 3.63) is 35.9 Å². The van der Waals surface area contributed by atoms with Crippen LogP contribution in [0, 0.1) is 0 Å². The molecule has 0 radical (unpaired) electrons. The van der Waals surface area contributed by atoms with E-state index in [0.29, 0.717) is 6.79 Å². The molecule has 4 heteroatoms. The zero-order chi connectivity index (χ0) is 15.9. The maximum absolute atomic E-state index is 12.0. The summed E-state index contributed by atoms with van der Waals surface area (Å²) >= 11 is 0. The molecule has 23 heavy (non-hydrogen) atoms. The lowest BCUT2D eigenvalue weighted by Gasteiger charge is -2.25. The molecule has 3 rings (SSSR count). The van der Waals surface area contributed by atoms with Crippen molar-refractivity contribution in [2.75, 3.05) is 19.9 Å². The first-order valence-electron chi connectivity index (χ1n) is 8.67. The second-order valence-corrected chi connectivity index (χ2v) is 6.22. The fraction of sp³-hybridized carbons (Fsp3) is 0.526. The van der Waals surface area contributed by atoms with Crippen molar-refractivity contribution in [3.8, 4) is 11.5 Å². The molecule has 0 spiro atoms. The van der Waals surface area contributed by atoms with Gasteiger partial charge in [-0.3, -0.25) is 4.79 Å². The number of carbonyl (C=O) groups is 1. The van der Waals surface area contributed by atoms with Crippen LogP contribution in [0.4, 0.5) is 0 Å². The van der Waals surface area contributed by atoms with Gasteiger partial charge in [0.2, 0.25) is 12.7 Å². The largest absolute Gasteiger partial charge is 0.454 e. The number of carbonyl (C=O) groups excluding carboxylic acids is 1. The zero-order valence-corrected chi connectivity index (χ0v) is 13.6. The first-order valence-corrected chi connectivity index (χ1v) is 8.67. The second-order valence-electron chi connectivity index (χ2n) is 6.22. The van der Waals surface area contributed by atoms with Gasteiger partial charge in [0.15, 0.2) is 11.5 Å². The minimum Gasteiger partial charge on any atom is -0.454 e. The molecule has 2 aliphatic rings. The van der Waals surface area contributed by atoms with Crippen LogP contribution >= 0.6 is 0 Å². The van der Waals surface area contributed by atoms with Gasteiger partial charge in [0.1, 0.15) is 0 Å². The van der Waals surface area contributed by atoms with Crippen LogP contribution in [0.25, 0.3) is 0 Å². The maximum atomic E-state index is 12.0. The molecule has 0 aromatic heterocycles. The molecule has 0 atom stereocenters. The highest BCUT2D eigenvalue weighted by Crippen LogP contribution is 2.32. The van der Waals surface area contributed by atoms with Gasteiger partial charge in [-0.1, -0.05) is 12.1 Å². The molecule has 2 aliphatic heterocycles. The molecule has 0 bridgehead atoms. The molecule has 4 nitrogen and oxygen atoms in total. The third kappa shape index (κ3) is 4.50. The minimum absolute atomic E-state index is 0.181. The van der Waals surface area contributed by atoms with Gasteiger partial charge in [0, 0.05) is 13.1 Å². The fourth-order valence-corrected chi connectivity index (χ4v) is 3.09. The van der Waals surface area contributed by atoms with E-state index < -0.39 is 0 Å². The molecule has 0 aliphatic carbocycles. The molecule has 1 aromatic carbocycles. The Kier molecular flexibility index (Phi) is 5.56. The van der Waals surface area contributed by atoms with E-state index in [1.165, 1.54) is 12.0 Å². The minimum atomic E-state index is 0.181. The van der Waals surface area contributed by atoms with Crippen molar-refractivity contribution in [2.24, 2.45) is 0 Å². The molecule has 1 saturated heterocycles. The Labute approximate surface area is 138 Å². The SMILES string of the molecule is O=C(/C=C/CCCCc1ccc2c(c1)OCO2)N1CCCCC1. The van der Waals surface area contributed by atoms with E-state index in [2.05, 4.69) is 12.1 Å². The van der Waals surface area contributed by atoms with E-state index in [0.717, 1.165) is 63.1 Å². The summed E-state index contributed by atoms with van der Waals surface area (Å²) < 4.78 is 10.7. The highest BCUT2D eigenvalue weighted by molar-refractivity contribution is 5.87. The van der Waals surface area contributed by atoms with Crippen LogP contribution in [-0.4, -0.2) is 30.7 Å². The van der Waals surface area contributed by atoms with Crippen molar-refractivity contribution >= 4 is 5.91 Å². The Balaban J connectivity index is 1.33. The van der Waals surface area contributed by atoms with Crippen LogP contribution in [0.2, 0.25) is 0 Å². The second kappa shape index (κ2) is 8.04. The highest BCUT2D eigenvalue weighted by atomic mass is 16.7. The smallest absolute Gasteiger partial charge is 0.246 e. The molecular formula is C19H25NO3. The Hall–Kier alpha value is -1.97. The molecule has 1 fully saturated rings. The van der Waals surface area contributed by atoms with E-state index >= 15 is 0 Å². The Morgan fingerprint density at radius 2 is 1.91 bits per heavy atom. The van der Waals surface area contributed by atoms with Crippen molar-refractivity contribution in [2.45, 2.75) is 44.9 Å². The van der Waals surface area contributed by atoms with Gasteiger partial charge in [-0.15, -0.1) is 0 Å². The van der Waals surface area contributed by atoms with E-state index in [1.807, 2.05) is 17.0 Å². The van der Waals surface area contributed by atoms with E-state index in [-0.39, 0.29) is 5.91 Å². The number of likely N-dealkylation sites (tertiary alicyclic amines) is 1. The maximum Gasteiger partial charge on any atom is 0.246 e. The monoisotopic (exact) mass is 315 g/mol. The predicted octanol–water partition coefficient (Wildman–Crippen LogP) is 3.70. The standard InChI is InChI=1S/C19H25NO3/c21-19(20-12-6-3-7-13-20)9-5-2-1-4-8-16-10-11-17-18(14-16)23-15-22-17/h5,9-11,14H,1-4,6-8,12-13,15H2/b9-5+. The van der Waals surface area contributed by atoms with Crippen LogP contribution < -0.4 is 9.47 Å². The zero-order valence-electron chi connectivity index (χ0n) is 13.6. The van der Waals surface area contributed by atoms with Crippen molar-refractivity contribution < 1.29 is 14.3 Å². The van der Waals surface area contributed by atoms with Crippen LogP contribution in [0.15, 0.2) is 30.4 Å². The van der Waals surface area contributed by atoms with E-state index in [4.69, 9.17) is 9.47 Å². The van der Waals surface area contributed by atoms with Crippen molar-refractivity contribution in [3.63, 3.8) is 0 Å². The number of aryl methyl sites for hydroxylation is 1. The normalized spacial score (nSPS) is 17.0. The lowest BCUT2D eigenvalue weighted by Crippen LogP contribution is -2.34. The highest BCUT2D eigenvalue weighted by Gasteiger charge is 2.14. The summed E-state index contributed by atoms with van der Waals surface area (Å²) in [5, 5.41) is 0. The van der Waals surface area contributed by atoms with Gasteiger partial charge < -0.3 is 14.4 Å². The number of rotatable bonds is 6. The van der Waals surface area contributed by atoms with Gasteiger partial charge >= 0.3 is 0 Å². The Morgan fingerprint density at radius 3 is 2.78 bits per heavy atom. The first-order chi connectivity index (χ1) is 11.3. The molecule has 2 heterocycles. The van der Waals surface area contributed by atoms with Gasteiger partial charge in [-0.25, -0.2) is 0 Å². The number of unbranched alkanes of at least 4 members (excludes halogenated alkanes) is 2. The third-order valence-electron chi connectivity index (χ3n) is 4.45. The summed E-state index contributed by atoms with van der Waals surface area (Å²) in [5.41, 5.74) is 1.28. The summed E-state index contributed by atoms with van der Waals surface area (Å²) in [6.45, 7) is 2.18. The number of hydrogen-bond acceptors (Lipinski definition) is 3. The van der Waals surface area contributed by atoms with Gasteiger partial charge in [-0.05, 0) is 68.7 Å². The number of nitrogens with zero attached hydrogens (tertiary/aromatic N) is 1. The number of amides is 1. The van der Waals surface area contributed by atoms with Crippen LogP contribution in [0.1, 0.15) is 44.1 Å². The number of allylic oxidation sites excluding steroid dienone is 1. The molecule has 1 amide bonds. The van der Waals surface area contributed by atoms with Gasteiger partial charge in [0.25, 0.3) is 0 Å². The van der Waals surface area contributed by atoms with Crippen LogP contribution in [0.3, 0.4) is 0 Å². The molecule has 0 unspecified atom stereocenters. The average Bonchev–Trinajstić information content (AvgIpc) is 3.06. The number of hydrogen-bond donors (Lipinski definition) is 0. The summed E-state index contributed by atoms with van der Waals surface area (Å²) in [4.78, 5) is 13.9. The van der Waals surface area contributed by atoms with Crippen LogP contribution in [0.5, 0.6) is 11.5 Å². The molecule has 1 aromatic rings. The topological polar surface area (TPSA) is 38.8 Å². The van der Waals surface area contributed by atoms with E-state index in [9.17, 15) is 4.79 Å². The average molecular weight is 315 g/mol. The van der Waals surface area contributed by atoms with Crippen molar-refractivity contribution in [1.29, 1.82) is 0 Å². The Morgan fingerprint density at radius 1 is 1.09 bits per heavy atom.